The number of thioether (sulfide) groups is 1. The molecular formula is C19H29N5O3S. The molecule has 154 valence electrons. The predicted molar refractivity (Wildman–Crippen MR) is 107 cm³/mol. The van der Waals surface area contributed by atoms with Gasteiger partial charge in [-0.3, -0.25) is 15.0 Å². The summed E-state index contributed by atoms with van der Waals surface area (Å²) in [6.45, 7) is 7.52. The van der Waals surface area contributed by atoms with E-state index in [1.807, 2.05) is 13.8 Å². The van der Waals surface area contributed by atoms with Gasteiger partial charge in [-0.15, -0.1) is 0 Å². The molecule has 1 unspecified atom stereocenters. The summed E-state index contributed by atoms with van der Waals surface area (Å²) < 4.78 is 2.26. The summed E-state index contributed by atoms with van der Waals surface area (Å²) in [7, 11) is 0. The Balaban J connectivity index is 1.65. The summed E-state index contributed by atoms with van der Waals surface area (Å²) in [5.74, 6) is -0.751. The summed E-state index contributed by atoms with van der Waals surface area (Å²) in [5.41, 5.74) is 3.58. The summed E-state index contributed by atoms with van der Waals surface area (Å²) in [5, 5.41) is 4.24. The normalized spacial score (nSPS) is 23.2. The molecule has 1 saturated heterocycles. The zero-order valence-corrected chi connectivity index (χ0v) is 17.8. The van der Waals surface area contributed by atoms with E-state index >= 15 is 0 Å². The van der Waals surface area contributed by atoms with Crippen molar-refractivity contribution in [1.29, 1.82) is 0 Å². The minimum absolute atomic E-state index is 0.0858. The third-order valence-electron chi connectivity index (χ3n) is 5.83. The number of aryl methyl sites for hydroxylation is 1. The SMILES string of the molecule is CCC1(C)NC(=O)N(NC(=O)CSc2nc(C)c(C)n2C2CCCCC2)C1=O. The van der Waals surface area contributed by atoms with Gasteiger partial charge in [0.25, 0.3) is 5.91 Å². The number of hydrogen-bond acceptors (Lipinski definition) is 5. The second-order valence-electron chi connectivity index (χ2n) is 7.81. The van der Waals surface area contributed by atoms with Crippen molar-refractivity contribution in [2.45, 2.75) is 83.0 Å². The van der Waals surface area contributed by atoms with Gasteiger partial charge in [0.05, 0.1) is 11.4 Å². The van der Waals surface area contributed by atoms with Crippen LogP contribution in [0.2, 0.25) is 0 Å². The van der Waals surface area contributed by atoms with Gasteiger partial charge in [-0.05, 0) is 40.0 Å². The number of nitrogens with one attached hydrogen (secondary N) is 2. The summed E-state index contributed by atoms with van der Waals surface area (Å²) in [6, 6.07) is -0.167. The van der Waals surface area contributed by atoms with Crippen LogP contribution >= 0.6 is 11.8 Å². The average molecular weight is 408 g/mol. The number of carbonyl (C=O) groups is 3. The average Bonchev–Trinajstić information content (AvgIpc) is 3.08. The fourth-order valence-corrected chi connectivity index (χ4v) is 4.73. The molecule has 0 radical (unpaired) electrons. The highest BCUT2D eigenvalue weighted by Gasteiger charge is 2.47. The lowest BCUT2D eigenvalue weighted by atomic mass is 9.95. The number of hydrazine groups is 1. The molecule has 2 fully saturated rings. The maximum Gasteiger partial charge on any atom is 0.344 e. The predicted octanol–water partition coefficient (Wildman–Crippen LogP) is 2.85. The number of amides is 4. The zero-order chi connectivity index (χ0) is 20.5. The van der Waals surface area contributed by atoms with Gasteiger partial charge in [-0.25, -0.2) is 9.78 Å². The molecule has 2 heterocycles. The van der Waals surface area contributed by atoms with Crippen molar-refractivity contribution in [3.63, 3.8) is 0 Å². The molecule has 2 N–H and O–H groups in total. The van der Waals surface area contributed by atoms with Crippen LogP contribution in [0.25, 0.3) is 0 Å². The van der Waals surface area contributed by atoms with Crippen molar-refractivity contribution in [3.05, 3.63) is 11.4 Å². The Morgan fingerprint density at radius 3 is 2.57 bits per heavy atom. The van der Waals surface area contributed by atoms with E-state index in [2.05, 4.69) is 27.2 Å². The van der Waals surface area contributed by atoms with Crippen LogP contribution in [0.3, 0.4) is 0 Å². The Hall–Kier alpha value is -2.03. The Labute approximate surface area is 169 Å². The highest BCUT2D eigenvalue weighted by atomic mass is 32.2. The lowest BCUT2D eigenvalue weighted by Crippen LogP contribution is -2.49. The third kappa shape index (κ3) is 3.90. The maximum absolute atomic E-state index is 12.4. The van der Waals surface area contributed by atoms with Gasteiger partial charge in [0, 0.05) is 11.7 Å². The number of urea groups is 1. The largest absolute Gasteiger partial charge is 0.344 e. The first-order chi connectivity index (χ1) is 13.3. The van der Waals surface area contributed by atoms with Crippen molar-refractivity contribution in [3.8, 4) is 0 Å². The molecular weight excluding hydrogens is 378 g/mol. The number of aromatic nitrogens is 2. The van der Waals surface area contributed by atoms with E-state index in [4.69, 9.17) is 0 Å². The molecule has 1 aliphatic heterocycles. The standard InChI is InChI=1S/C19H29N5O3S/c1-5-19(4)16(26)24(17(27)21-19)22-15(25)11-28-18-20-12(2)13(3)23(18)14-9-7-6-8-10-14/h14H,5-11H2,1-4H3,(H,21,27)(H,22,25). The van der Waals surface area contributed by atoms with Crippen molar-refractivity contribution >= 4 is 29.6 Å². The second-order valence-corrected chi connectivity index (χ2v) is 8.75. The van der Waals surface area contributed by atoms with E-state index in [9.17, 15) is 14.4 Å². The highest BCUT2D eigenvalue weighted by Crippen LogP contribution is 2.34. The monoisotopic (exact) mass is 407 g/mol. The molecule has 9 heteroatoms. The number of nitrogens with zero attached hydrogens (tertiary/aromatic N) is 3. The van der Waals surface area contributed by atoms with Crippen LogP contribution < -0.4 is 10.7 Å². The highest BCUT2D eigenvalue weighted by molar-refractivity contribution is 7.99. The minimum atomic E-state index is -0.969. The molecule has 4 amide bonds. The van der Waals surface area contributed by atoms with Crippen molar-refractivity contribution in [2.75, 3.05) is 5.75 Å². The summed E-state index contributed by atoms with van der Waals surface area (Å²) in [6.07, 6.45) is 6.43. The maximum atomic E-state index is 12.4. The quantitative estimate of drug-likeness (QED) is 0.558. The topological polar surface area (TPSA) is 96.3 Å². The van der Waals surface area contributed by atoms with Crippen LogP contribution in [-0.4, -0.2) is 43.7 Å². The van der Waals surface area contributed by atoms with Gasteiger partial charge in [-0.1, -0.05) is 37.9 Å². The first kappa shape index (κ1) is 20.7. The minimum Gasteiger partial charge on any atom is -0.322 e. The number of carbonyl (C=O) groups excluding carboxylic acids is 3. The van der Waals surface area contributed by atoms with Gasteiger partial charge in [0.1, 0.15) is 5.54 Å². The lowest BCUT2D eigenvalue weighted by Gasteiger charge is -2.26. The summed E-state index contributed by atoms with van der Waals surface area (Å²) in [4.78, 5) is 41.5. The third-order valence-corrected chi connectivity index (χ3v) is 6.78. The van der Waals surface area contributed by atoms with Gasteiger partial charge >= 0.3 is 6.03 Å². The second kappa shape index (κ2) is 8.14. The molecule has 0 aromatic carbocycles. The lowest BCUT2D eigenvalue weighted by molar-refractivity contribution is -0.137. The van der Waals surface area contributed by atoms with Crippen LogP contribution in [0.4, 0.5) is 4.79 Å². The van der Waals surface area contributed by atoms with E-state index in [1.165, 1.54) is 31.0 Å². The first-order valence-electron chi connectivity index (χ1n) is 9.91. The van der Waals surface area contributed by atoms with E-state index in [-0.39, 0.29) is 5.75 Å². The van der Waals surface area contributed by atoms with E-state index in [0.717, 1.165) is 34.4 Å². The molecule has 3 rings (SSSR count). The molecule has 1 aromatic rings. The molecule has 8 nitrogen and oxygen atoms in total. The van der Waals surface area contributed by atoms with Crippen molar-refractivity contribution in [1.82, 2.24) is 25.3 Å². The van der Waals surface area contributed by atoms with Crippen LogP contribution in [0, 0.1) is 13.8 Å². The van der Waals surface area contributed by atoms with E-state index in [1.54, 1.807) is 6.92 Å². The van der Waals surface area contributed by atoms with Crippen molar-refractivity contribution < 1.29 is 14.4 Å². The molecule has 1 atom stereocenters. The Kier molecular flexibility index (Phi) is 6.02. The van der Waals surface area contributed by atoms with Crippen LogP contribution in [0.5, 0.6) is 0 Å². The zero-order valence-electron chi connectivity index (χ0n) is 17.0. The van der Waals surface area contributed by atoms with Gasteiger partial charge in [-0.2, -0.15) is 5.01 Å². The smallest absolute Gasteiger partial charge is 0.322 e. The molecule has 0 bridgehead atoms. The van der Waals surface area contributed by atoms with E-state index < -0.39 is 23.4 Å². The number of hydrogen-bond donors (Lipinski definition) is 2. The number of rotatable bonds is 6. The molecule has 1 saturated carbocycles. The molecule has 2 aliphatic rings. The fourth-order valence-electron chi connectivity index (χ4n) is 3.78. The van der Waals surface area contributed by atoms with Gasteiger partial charge in [0.15, 0.2) is 5.16 Å². The molecule has 1 aliphatic carbocycles. The first-order valence-corrected chi connectivity index (χ1v) is 10.9. The fraction of sp³-hybridized carbons (Fsp3) is 0.684. The number of imidazole rings is 1. The van der Waals surface area contributed by atoms with Gasteiger partial charge in [0.2, 0.25) is 5.91 Å². The Morgan fingerprint density at radius 2 is 1.96 bits per heavy atom. The summed E-state index contributed by atoms with van der Waals surface area (Å²) >= 11 is 1.35. The molecule has 1 aromatic heterocycles. The van der Waals surface area contributed by atoms with Crippen LogP contribution in [0.15, 0.2) is 5.16 Å². The van der Waals surface area contributed by atoms with Crippen molar-refractivity contribution in [2.24, 2.45) is 0 Å². The molecule has 28 heavy (non-hydrogen) atoms. The number of imide groups is 1. The van der Waals surface area contributed by atoms with Crippen LogP contribution in [-0.2, 0) is 9.59 Å². The Bertz CT molecular complexity index is 787. The molecule has 0 spiro atoms. The van der Waals surface area contributed by atoms with Gasteiger partial charge < -0.3 is 9.88 Å². The van der Waals surface area contributed by atoms with E-state index in [0.29, 0.717) is 12.5 Å². The van der Waals surface area contributed by atoms with Crippen LogP contribution in [0.1, 0.15) is 69.8 Å². The Morgan fingerprint density at radius 1 is 1.29 bits per heavy atom.